The third-order valence-electron chi connectivity index (χ3n) is 4.13. The Labute approximate surface area is 117 Å². The molecule has 0 aliphatic carbocycles. The van der Waals surface area contributed by atoms with Gasteiger partial charge in [0.05, 0.1) is 19.1 Å². The molecule has 1 rings (SSSR count). The number of rotatable bonds is 6. The minimum Gasteiger partial charge on any atom is -0.379 e. The Morgan fingerprint density at radius 3 is 2.63 bits per heavy atom. The summed E-state index contributed by atoms with van der Waals surface area (Å²) in [7, 11) is 0. The Bertz CT molecular complexity index is 286. The van der Waals surface area contributed by atoms with Crippen molar-refractivity contribution in [2.24, 2.45) is 17.3 Å². The second-order valence-corrected chi connectivity index (χ2v) is 6.72. The molecule has 2 N–H and O–H groups in total. The lowest BCUT2D eigenvalue weighted by Crippen LogP contribution is -2.45. The van der Waals surface area contributed by atoms with E-state index in [0.29, 0.717) is 19.1 Å². The zero-order chi connectivity index (χ0) is 14.5. The summed E-state index contributed by atoms with van der Waals surface area (Å²) in [6.07, 6.45) is 1.08. The largest absolute Gasteiger partial charge is 0.379 e. The van der Waals surface area contributed by atoms with E-state index in [0.717, 1.165) is 19.5 Å². The third-order valence-corrected chi connectivity index (χ3v) is 4.13. The first-order valence-electron chi connectivity index (χ1n) is 7.45. The van der Waals surface area contributed by atoms with Crippen molar-refractivity contribution >= 4 is 5.91 Å². The van der Waals surface area contributed by atoms with Crippen LogP contribution in [-0.4, -0.2) is 38.3 Å². The summed E-state index contributed by atoms with van der Waals surface area (Å²) in [6.45, 7) is 13.8. The summed E-state index contributed by atoms with van der Waals surface area (Å²) < 4.78 is 5.44. The summed E-state index contributed by atoms with van der Waals surface area (Å²) in [5.74, 6) is 0.543. The minimum atomic E-state index is -0.0429. The minimum absolute atomic E-state index is 0.0429. The van der Waals surface area contributed by atoms with E-state index in [1.54, 1.807) is 0 Å². The average molecular weight is 270 g/mol. The van der Waals surface area contributed by atoms with Crippen molar-refractivity contribution in [3.63, 3.8) is 0 Å². The summed E-state index contributed by atoms with van der Waals surface area (Å²) in [4.78, 5) is 12.2. The highest BCUT2D eigenvalue weighted by molar-refractivity contribution is 5.79. The summed E-state index contributed by atoms with van der Waals surface area (Å²) in [6, 6.07) is 0.171. The number of hydrogen-bond donors (Lipinski definition) is 2. The molecule has 0 radical (unpaired) electrons. The number of hydrogen-bond acceptors (Lipinski definition) is 3. The Morgan fingerprint density at radius 2 is 2.05 bits per heavy atom. The first kappa shape index (κ1) is 16.4. The van der Waals surface area contributed by atoms with Crippen molar-refractivity contribution < 1.29 is 9.53 Å². The van der Waals surface area contributed by atoms with Crippen LogP contribution in [0.5, 0.6) is 0 Å². The van der Waals surface area contributed by atoms with E-state index in [4.69, 9.17) is 4.74 Å². The highest BCUT2D eigenvalue weighted by atomic mass is 16.5. The molecule has 1 amide bonds. The molecule has 0 aromatic rings. The molecule has 3 unspecified atom stereocenters. The zero-order valence-corrected chi connectivity index (χ0v) is 13.1. The van der Waals surface area contributed by atoms with Crippen LogP contribution in [0.25, 0.3) is 0 Å². The summed E-state index contributed by atoms with van der Waals surface area (Å²) >= 11 is 0. The Morgan fingerprint density at radius 1 is 1.37 bits per heavy atom. The fraction of sp³-hybridized carbons (Fsp3) is 0.933. The van der Waals surface area contributed by atoms with Gasteiger partial charge in [0.25, 0.3) is 0 Å². The number of ether oxygens (including phenoxy) is 1. The third kappa shape index (κ3) is 5.11. The van der Waals surface area contributed by atoms with Gasteiger partial charge in [-0.25, -0.2) is 0 Å². The van der Waals surface area contributed by atoms with Gasteiger partial charge in [-0.3, -0.25) is 4.79 Å². The van der Waals surface area contributed by atoms with Gasteiger partial charge in [0.2, 0.25) is 5.91 Å². The lowest BCUT2D eigenvalue weighted by Gasteiger charge is -2.28. The molecular formula is C15H30N2O2. The average Bonchev–Trinajstić information content (AvgIpc) is 2.79. The lowest BCUT2D eigenvalue weighted by molar-refractivity contribution is -0.125. The van der Waals surface area contributed by atoms with E-state index in [1.807, 2.05) is 0 Å². The molecule has 19 heavy (non-hydrogen) atoms. The van der Waals surface area contributed by atoms with Crippen molar-refractivity contribution in [3.8, 4) is 0 Å². The maximum Gasteiger partial charge on any atom is 0.227 e. The van der Waals surface area contributed by atoms with Crippen LogP contribution in [0.1, 0.15) is 41.0 Å². The van der Waals surface area contributed by atoms with Gasteiger partial charge in [0.15, 0.2) is 0 Å². The fourth-order valence-corrected chi connectivity index (χ4v) is 2.03. The van der Waals surface area contributed by atoms with Crippen LogP contribution in [0.4, 0.5) is 0 Å². The molecule has 1 fully saturated rings. The molecule has 1 saturated heterocycles. The van der Waals surface area contributed by atoms with E-state index in [-0.39, 0.29) is 23.3 Å². The van der Waals surface area contributed by atoms with Gasteiger partial charge < -0.3 is 15.4 Å². The second-order valence-electron chi connectivity index (χ2n) is 6.72. The number of nitrogens with one attached hydrogen (secondary N) is 2. The first-order chi connectivity index (χ1) is 8.86. The molecule has 4 heteroatoms. The maximum absolute atomic E-state index is 12.2. The Balaban J connectivity index is 2.40. The SMILES string of the molecule is CCCNC1COCC1C(=O)NCC(C)C(C)(C)C. The highest BCUT2D eigenvalue weighted by Crippen LogP contribution is 2.24. The van der Waals surface area contributed by atoms with Crippen LogP contribution in [0, 0.1) is 17.3 Å². The molecule has 1 heterocycles. The quantitative estimate of drug-likeness (QED) is 0.774. The first-order valence-corrected chi connectivity index (χ1v) is 7.45. The van der Waals surface area contributed by atoms with Crippen molar-refractivity contribution in [2.45, 2.75) is 47.1 Å². The Hall–Kier alpha value is -0.610. The molecular weight excluding hydrogens is 240 g/mol. The molecule has 4 nitrogen and oxygen atoms in total. The van der Waals surface area contributed by atoms with Gasteiger partial charge in [0, 0.05) is 12.6 Å². The van der Waals surface area contributed by atoms with E-state index in [9.17, 15) is 4.79 Å². The molecule has 0 aromatic carbocycles. The van der Waals surface area contributed by atoms with Crippen LogP contribution in [-0.2, 0) is 9.53 Å². The highest BCUT2D eigenvalue weighted by Gasteiger charge is 2.33. The normalized spacial score (nSPS) is 25.3. The predicted octanol–water partition coefficient (Wildman–Crippen LogP) is 1.80. The van der Waals surface area contributed by atoms with Crippen LogP contribution < -0.4 is 10.6 Å². The van der Waals surface area contributed by atoms with Gasteiger partial charge in [-0.2, -0.15) is 0 Å². The molecule has 3 atom stereocenters. The van der Waals surface area contributed by atoms with Gasteiger partial charge in [-0.1, -0.05) is 34.6 Å². The zero-order valence-electron chi connectivity index (χ0n) is 13.1. The summed E-state index contributed by atoms with van der Waals surface area (Å²) in [5.41, 5.74) is 0.222. The van der Waals surface area contributed by atoms with Crippen molar-refractivity contribution in [1.29, 1.82) is 0 Å². The van der Waals surface area contributed by atoms with E-state index >= 15 is 0 Å². The Kier molecular flexibility index (Phi) is 6.27. The molecule has 0 bridgehead atoms. The van der Waals surface area contributed by atoms with E-state index in [1.165, 1.54) is 0 Å². The van der Waals surface area contributed by atoms with Crippen LogP contribution in [0.15, 0.2) is 0 Å². The smallest absolute Gasteiger partial charge is 0.227 e. The van der Waals surface area contributed by atoms with Crippen molar-refractivity contribution in [3.05, 3.63) is 0 Å². The van der Waals surface area contributed by atoms with Gasteiger partial charge in [-0.15, -0.1) is 0 Å². The summed E-state index contributed by atoms with van der Waals surface area (Å²) in [5, 5.41) is 6.47. The van der Waals surface area contributed by atoms with E-state index < -0.39 is 0 Å². The number of carbonyl (C=O) groups is 1. The lowest BCUT2D eigenvalue weighted by atomic mass is 9.82. The predicted molar refractivity (Wildman–Crippen MR) is 78.0 cm³/mol. The fourth-order valence-electron chi connectivity index (χ4n) is 2.03. The molecule has 1 aliphatic rings. The molecule has 112 valence electrons. The second kappa shape index (κ2) is 7.25. The van der Waals surface area contributed by atoms with Crippen molar-refractivity contribution in [2.75, 3.05) is 26.3 Å². The van der Waals surface area contributed by atoms with Crippen LogP contribution in [0.3, 0.4) is 0 Å². The molecule has 1 aliphatic heterocycles. The van der Waals surface area contributed by atoms with Gasteiger partial charge in [-0.05, 0) is 24.3 Å². The monoisotopic (exact) mass is 270 g/mol. The molecule has 0 spiro atoms. The number of amides is 1. The maximum atomic E-state index is 12.2. The van der Waals surface area contributed by atoms with Gasteiger partial charge in [0.1, 0.15) is 0 Å². The van der Waals surface area contributed by atoms with Crippen LogP contribution >= 0.6 is 0 Å². The standard InChI is InChI=1S/C15H30N2O2/c1-6-7-16-13-10-19-9-12(13)14(18)17-8-11(2)15(3,4)5/h11-13,16H,6-10H2,1-5H3,(H,17,18). The van der Waals surface area contributed by atoms with Crippen molar-refractivity contribution in [1.82, 2.24) is 10.6 Å². The molecule has 0 saturated carbocycles. The topological polar surface area (TPSA) is 50.4 Å². The molecule has 0 aromatic heterocycles. The van der Waals surface area contributed by atoms with E-state index in [2.05, 4.69) is 45.3 Å². The number of carbonyl (C=O) groups excluding carboxylic acids is 1. The van der Waals surface area contributed by atoms with Crippen LogP contribution in [0.2, 0.25) is 0 Å². The van der Waals surface area contributed by atoms with Gasteiger partial charge >= 0.3 is 0 Å².